The predicted octanol–water partition coefficient (Wildman–Crippen LogP) is 4.26. The van der Waals surface area contributed by atoms with Gasteiger partial charge in [-0.1, -0.05) is 60.7 Å². The van der Waals surface area contributed by atoms with Crippen molar-refractivity contribution in [1.29, 1.82) is 0 Å². The van der Waals surface area contributed by atoms with Crippen molar-refractivity contribution >= 4 is 0 Å². The van der Waals surface area contributed by atoms with Crippen molar-refractivity contribution in [2.45, 2.75) is 49.2 Å². The van der Waals surface area contributed by atoms with Crippen LogP contribution < -0.4 is 0 Å². The smallest absolute Gasteiger partial charge is 0.115 e. The van der Waals surface area contributed by atoms with E-state index in [1.165, 1.54) is 11.1 Å². The summed E-state index contributed by atoms with van der Waals surface area (Å²) in [6.07, 6.45) is 10.9. The van der Waals surface area contributed by atoms with Crippen molar-refractivity contribution in [3.63, 3.8) is 0 Å². The van der Waals surface area contributed by atoms with E-state index in [2.05, 4.69) is 30.3 Å². The largest absolute Gasteiger partial charge is 0.508 e. The van der Waals surface area contributed by atoms with Gasteiger partial charge in [0.1, 0.15) is 5.75 Å². The average Bonchev–Trinajstić information content (AvgIpc) is 2.75. The molecule has 0 amide bonds. The molecular weight excluding hydrogens is 360 g/mol. The second kappa shape index (κ2) is 6.86. The van der Waals surface area contributed by atoms with Gasteiger partial charge in [0.15, 0.2) is 0 Å². The number of aliphatic hydroxyl groups excluding tert-OH is 1. The van der Waals surface area contributed by atoms with Gasteiger partial charge in [0.05, 0.1) is 11.7 Å². The maximum Gasteiger partial charge on any atom is 0.115 e. The molecule has 0 radical (unpaired) electrons. The molecule has 29 heavy (non-hydrogen) atoms. The van der Waals surface area contributed by atoms with Crippen LogP contribution in [0, 0.1) is 11.8 Å². The summed E-state index contributed by atoms with van der Waals surface area (Å²) >= 11 is 0. The van der Waals surface area contributed by atoms with Crippen LogP contribution >= 0.6 is 0 Å². The van der Waals surface area contributed by atoms with Gasteiger partial charge in [-0.05, 0) is 66.8 Å². The Morgan fingerprint density at radius 2 is 1.79 bits per heavy atom. The van der Waals surface area contributed by atoms with Crippen molar-refractivity contribution in [2.75, 3.05) is 0 Å². The Morgan fingerprint density at radius 1 is 0.966 bits per heavy atom. The maximum absolute atomic E-state index is 11.7. The number of aromatic hydroxyl groups is 1. The Kier molecular flexibility index (Phi) is 4.41. The lowest BCUT2D eigenvalue weighted by Crippen LogP contribution is -2.60. The molecule has 3 aliphatic rings. The van der Waals surface area contributed by atoms with Crippen LogP contribution in [0.2, 0.25) is 0 Å². The summed E-state index contributed by atoms with van der Waals surface area (Å²) in [6.45, 7) is 0. The summed E-state index contributed by atoms with van der Waals surface area (Å²) in [4.78, 5) is 0. The molecule has 0 aliphatic heterocycles. The van der Waals surface area contributed by atoms with Gasteiger partial charge in [-0.25, -0.2) is 0 Å². The first-order valence-corrected chi connectivity index (χ1v) is 10.7. The van der Waals surface area contributed by atoms with Crippen LogP contribution in [0.25, 0.3) is 0 Å². The van der Waals surface area contributed by atoms with Gasteiger partial charge in [-0.3, -0.25) is 0 Å². The molecule has 3 nitrogen and oxygen atoms in total. The van der Waals surface area contributed by atoms with Gasteiger partial charge in [0, 0.05) is 11.3 Å². The number of allylic oxidation sites excluding steroid dienone is 3. The Hall–Kier alpha value is -2.36. The van der Waals surface area contributed by atoms with Crippen molar-refractivity contribution in [2.24, 2.45) is 11.8 Å². The monoisotopic (exact) mass is 388 g/mol. The normalized spacial score (nSPS) is 35.7. The molecule has 3 aliphatic carbocycles. The average molecular weight is 389 g/mol. The summed E-state index contributed by atoms with van der Waals surface area (Å²) < 4.78 is 0. The first-order valence-electron chi connectivity index (χ1n) is 10.7. The minimum atomic E-state index is -1.11. The Morgan fingerprint density at radius 3 is 2.55 bits per heavy atom. The van der Waals surface area contributed by atoms with E-state index in [1.54, 1.807) is 6.07 Å². The molecule has 0 saturated heterocycles. The zero-order chi connectivity index (χ0) is 20.1. The third kappa shape index (κ3) is 2.79. The van der Waals surface area contributed by atoms with Gasteiger partial charge < -0.3 is 15.3 Å². The Balaban J connectivity index is 1.64. The highest BCUT2D eigenvalue weighted by Crippen LogP contribution is 2.58. The second-order valence-corrected chi connectivity index (χ2v) is 8.98. The quantitative estimate of drug-likeness (QED) is 0.720. The summed E-state index contributed by atoms with van der Waals surface area (Å²) in [6, 6.07) is 16.1. The topological polar surface area (TPSA) is 60.7 Å². The molecule has 3 heteroatoms. The van der Waals surface area contributed by atoms with E-state index >= 15 is 0 Å². The number of phenols is 1. The van der Waals surface area contributed by atoms with E-state index in [4.69, 9.17) is 0 Å². The zero-order valence-corrected chi connectivity index (χ0v) is 16.5. The molecule has 0 aromatic heterocycles. The van der Waals surface area contributed by atoms with Crippen LogP contribution in [0.3, 0.4) is 0 Å². The van der Waals surface area contributed by atoms with Crippen molar-refractivity contribution < 1.29 is 15.3 Å². The van der Waals surface area contributed by atoms with Crippen LogP contribution in [-0.2, 0) is 11.8 Å². The second-order valence-electron chi connectivity index (χ2n) is 8.98. The summed E-state index contributed by atoms with van der Waals surface area (Å²) in [7, 11) is 0. The molecule has 5 atom stereocenters. The molecule has 2 aromatic rings. The minimum absolute atomic E-state index is 0.0579. The third-order valence-electron chi connectivity index (χ3n) is 7.61. The van der Waals surface area contributed by atoms with E-state index in [-0.39, 0.29) is 23.0 Å². The lowest BCUT2D eigenvalue weighted by molar-refractivity contribution is -0.155. The SMILES string of the molecule is Oc1ccc2c(c1)CC[C@@H]1C[C@@](O)(C3C=CC=CC3)[C@@H](O)CC21c1ccccc1. The molecule has 0 spiro atoms. The minimum Gasteiger partial charge on any atom is -0.508 e. The number of hydrogen-bond acceptors (Lipinski definition) is 3. The number of aryl methyl sites for hydroxylation is 1. The molecular formula is C26H28O3. The van der Waals surface area contributed by atoms with Crippen LogP contribution in [0.5, 0.6) is 5.75 Å². The number of phenolic OH excluding ortho intramolecular Hbond substituents is 1. The van der Waals surface area contributed by atoms with E-state index in [1.807, 2.05) is 36.4 Å². The van der Waals surface area contributed by atoms with E-state index in [0.717, 1.165) is 24.8 Å². The van der Waals surface area contributed by atoms with Crippen LogP contribution in [0.4, 0.5) is 0 Å². The number of benzene rings is 2. The highest BCUT2D eigenvalue weighted by Gasteiger charge is 2.58. The number of fused-ring (bicyclic) bond motifs is 3. The fraction of sp³-hybridized carbons (Fsp3) is 0.385. The van der Waals surface area contributed by atoms with Gasteiger partial charge >= 0.3 is 0 Å². The lowest BCUT2D eigenvalue weighted by atomic mass is 9.50. The van der Waals surface area contributed by atoms with Gasteiger partial charge in [-0.2, -0.15) is 0 Å². The molecule has 5 rings (SSSR count). The molecule has 1 saturated carbocycles. The summed E-state index contributed by atoms with van der Waals surface area (Å²) in [5, 5.41) is 33.1. The van der Waals surface area contributed by atoms with E-state index in [9.17, 15) is 15.3 Å². The summed E-state index contributed by atoms with van der Waals surface area (Å²) in [5.74, 6) is 0.463. The standard InChI is InChI=1S/C26H28O3/c27-22-13-14-23-18(15-22)11-12-21-16-26(29,20-9-5-2-6-10-20)24(28)17-25(21,23)19-7-3-1-4-8-19/h1-9,13-15,20-21,24,27-29H,10-12,16-17H2/t20?,21-,24+,25?,26-/m1/s1. The molecule has 0 heterocycles. The number of aliphatic hydroxyl groups is 2. The molecule has 1 fully saturated rings. The zero-order valence-electron chi connectivity index (χ0n) is 16.5. The van der Waals surface area contributed by atoms with E-state index in [0.29, 0.717) is 12.8 Å². The highest BCUT2D eigenvalue weighted by atomic mass is 16.3. The predicted molar refractivity (Wildman–Crippen MR) is 114 cm³/mol. The first kappa shape index (κ1) is 18.7. The number of hydrogen-bond donors (Lipinski definition) is 3. The van der Waals surface area contributed by atoms with E-state index < -0.39 is 11.7 Å². The fourth-order valence-electron chi connectivity index (χ4n) is 6.18. The molecule has 0 bridgehead atoms. The third-order valence-corrected chi connectivity index (χ3v) is 7.61. The summed E-state index contributed by atoms with van der Waals surface area (Å²) in [5.41, 5.74) is 2.08. The van der Waals surface area contributed by atoms with Crippen LogP contribution in [0.1, 0.15) is 42.4 Å². The molecule has 2 aromatic carbocycles. The Bertz CT molecular complexity index is 963. The van der Waals surface area contributed by atoms with Crippen molar-refractivity contribution in [3.05, 3.63) is 89.5 Å². The highest BCUT2D eigenvalue weighted by molar-refractivity contribution is 5.50. The van der Waals surface area contributed by atoms with Crippen LogP contribution in [0.15, 0.2) is 72.8 Å². The lowest BCUT2D eigenvalue weighted by Gasteiger charge is -2.57. The molecule has 3 N–H and O–H groups in total. The maximum atomic E-state index is 11.7. The Labute approximate surface area is 172 Å². The van der Waals surface area contributed by atoms with Crippen LogP contribution in [-0.4, -0.2) is 27.0 Å². The van der Waals surface area contributed by atoms with Gasteiger partial charge in [0.25, 0.3) is 0 Å². The molecule has 2 unspecified atom stereocenters. The molecule has 150 valence electrons. The fourth-order valence-corrected chi connectivity index (χ4v) is 6.18. The number of rotatable bonds is 2. The first-order chi connectivity index (χ1) is 14.0. The van der Waals surface area contributed by atoms with Gasteiger partial charge in [-0.15, -0.1) is 0 Å². The van der Waals surface area contributed by atoms with Crippen molar-refractivity contribution in [1.82, 2.24) is 0 Å². The van der Waals surface area contributed by atoms with Gasteiger partial charge in [0.2, 0.25) is 0 Å². The van der Waals surface area contributed by atoms with Crippen molar-refractivity contribution in [3.8, 4) is 5.75 Å².